The van der Waals surface area contributed by atoms with E-state index in [1.807, 2.05) is 31.0 Å². The Morgan fingerprint density at radius 1 is 1.17 bits per heavy atom. The molecule has 192 valence electrons. The third kappa shape index (κ3) is 5.21. The van der Waals surface area contributed by atoms with Gasteiger partial charge in [0.1, 0.15) is 6.54 Å². The molecule has 0 radical (unpaired) electrons. The molecular formula is C27H29F3N2O3S. The molecule has 0 N–H and O–H groups in total. The lowest BCUT2D eigenvalue weighted by Crippen LogP contribution is -2.27. The molecule has 0 aliphatic carbocycles. The maximum Gasteiger partial charge on any atom is 0.416 e. The fourth-order valence-corrected chi connectivity index (χ4v) is 6.00. The van der Waals surface area contributed by atoms with E-state index >= 15 is 0 Å². The lowest BCUT2D eigenvalue weighted by atomic mass is 9.96. The van der Waals surface area contributed by atoms with Gasteiger partial charge in [-0.3, -0.25) is 4.79 Å². The number of rotatable bonds is 8. The fourth-order valence-electron chi connectivity index (χ4n) is 4.60. The summed E-state index contributed by atoms with van der Waals surface area (Å²) in [7, 11) is 1.82. The van der Waals surface area contributed by atoms with Crippen molar-refractivity contribution in [1.29, 1.82) is 0 Å². The zero-order chi connectivity index (χ0) is 26.2. The van der Waals surface area contributed by atoms with Gasteiger partial charge in [0.25, 0.3) is 0 Å². The number of ether oxygens (including phenoxy) is 1. The van der Waals surface area contributed by atoms with E-state index in [2.05, 4.69) is 19.0 Å². The summed E-state index contributed by atoms with van der Waals surface area (Å²) in [5, 5.41) is 6.07. The van der Waals surface area contributed by atoms with Gasteiger partial charge in [0.15, 0.2) is 5.58 Å². The predicted octanol–water partition coefficient (Wildman–Crippen LogP) is 7.28. The largest absolute Gasteiger partial charge is 0.465 e. The van der Waals surface area contributed by atoms with Crippen LogP contribution in [0.25, 0.3) is 21.1 Å². The number of hydrogen-bond donors (Lipinski definition) is 0. The van der Waals surface area contributed by atoms with Crippen LogP contribution in [0.2, 0.25) is 0 Å². The van der Waals surface area contributed by atoms with E-state index in [4.69, 9.17) is 9.26 Å². The van der Waals surface area contributed by atoms with Crippen LogP contribution >= 0.6 is 11.3 Å². The predicted molar refractivity (Wildman–Crippen MR) is 137 cm³/mol. The van der Waals surface area contributed by atoms with Crippen LogP contribution in [-0.4, -0.2) is 31.3 Å². The minimum atomic E-state index is -4.36. The van der Waals surface area contributed by atoms with Gasteiger partial charge >= 0.3 is 12.1 Å². The number of carbonyl (C=O) groups is 1. The molecule has 36 heavy (non-hydrogen) atoms. The SMILES string of the molecule is CCOC(=O)CN(C)c1cc2onc(CCc3sc4cc(C(F)(F)F)ccc4c3C(C)C)c2cc1C. The number of likely N-dealkylation sites (N-methyl/N-ethyl adjacent to an activating group) is 1. The molecule has 2 aromatic carbocycles. The number of thiophene rings is 1. The van der Waals surface area contributed by atoms with Gasteiger partial charge in [-0.2, -0.15) is 13.2 Å². The molecule has 0 aliphatic heterocycles. The van der Waals surface area contributed by atoms with Crippen LogP contribution in [0.1, 0.15) is 54.0 Å². The van der Waals surface area contributed by atoms with Crippen LogP contribution in [0, 0.1) is 6.92 Å². The number of nitrogens with zero attached hydrogens (tertiary/aromatic N) is 2. The topological polar surface area (TPSA) is 55.6 Å². The maximum absolute atomic E-state index is 13.2. The molecule has 0 unspecified atom stereocenters. The Labute approximate surface area is 211 Å². The second kappa shape index (κ2) is 10.1. The fraction of sp³-hybridized carbons (Fsp3) is 0.407. The Morgan fingerprint density at radius 2 is 1.92 bits per heavy atom. The highest BCUT2D eigenvalue weighted by Crippen LogP contribution is 2.40. The van der Waals surface area contributed by atoms with Gasteiger partial charge in [-0.1, -0.05) is 25.1 Å². The molecule has 2 heterocycles. The molecule has 0 spiro atoms. The van der Waals surface area contributed by atoms with E-state index in [9.17, 15) is 18.0 Å². The first-order valence-electron chi connectivity index (χ1n) is 11.9. The van der Waals surface area contributed by atoms with Gasteiger partial charge in [0.05, 0.1) is 17.9 Å². The normalized spacial score (nSPS) is 12.1. The van der Waals surface area contributed by atoms with Crippen molar-refractivity contribution in [2.24, 2.45) is 0 Å². The third-order valence-electron chi connectivity index (χ3n) is 6.24. The molecule has 0 bridgehead atoms. The minimum Gasteiger partial charge on any atom is -0.465 e. The molecule has 0 saturated heterocycles. The Balaban J connectivity index is 1.60. The van der Waals surface area contributed by atoms with E-state index in [-0.39, 0.29) is 18.4 Å². The minimum absolute atomic E-state index is 0.126. The number of alkyl halides is 3. The Hall–Kier alpha value is -3.07. The third-order valence-corrected chi connectivity index (χ3v) is 7.47. The van der Waals surface area contributed by atoms with Gasteiger partial charge in [0, 0.05) is 33.8 Å². The van der Waals surface area contributed by atoms with Crippen molar-refractivity contribution in [1.82, 2.24) is 5.16 Å². The monoisotopic (exact) mass is 518 g/mol. The van der Waals surface area contributed by atoms with E-state index in [1.54, 1.807) is 13.0 Å². The first-order chi connectivity index (χ1) is 17.0. The summed E-state index contributed by atoms with van der Waals surface area (Å²) in [4.78, 5) is 14.8. The van der Waals surface area contributed by atoms with Crippen LogP contribution in [-0.2, 0) is 28.5 Å². The summed E-state index contributed by atoms with van der Waals surface area (Å²) in [6, 6.07) is 7.88. The molecule has 4 rings (SSSR count). The second-order valence-electron chi connectivity index (χ2n) is 9.23. The molecular weight excluding hydrogens is 489 g/mol. The molecule has 0 saturated carbocycles. The van der Waals surface area contributed by atoms with Crippen molar-refractivity contribution >= 4 is 44.0 Å². The summed E-state index contributed by atoms with van der Waals surface area (Å²) in [5.41, 5.74) is 3.72. The highest BCUT2D eigenvalue weighted by atomic mass is 32.1. The van der Waals surface area contributed by atoms with Gasteiger partial charge in [-0.25, -0.2) is 0 Å². The Kier molecular flexibility index (Phi) is 7.31. The number of fused-ring (bicyclic) bond motifs is 2. The van der Waals surface area contributed by atoms with Crippen molar-refractivity contribution < 1.29 is 27.2 Å². The first kappa shape index (κ1) is 26.0. The zero-order valence-electron chi connectivity index (χ0n) is 21.0. The van der Waals surface area contributed by atoms with Crippen LogP contribution in [0.3, 0.4) is 0 Å². The Bertz CT molecular complexity index is 1410. The summed E-state index contributed by atoms with van der Waals surface area (Å²) in [6.45, 7) is 8.32. The highest BCUT2D eigenvalue weighted by Gasteiger charge is 2.31. The summed E-state index contributed by atoms with van der Waals surface area (Å²) < 4.78 is 51.0. The van der Waals surface area contributed by atoms with Crippen LogP contribution < -0.4 is 4.90 Å². The molecule has 0 aliphatic rings. The van der Waals surface area contributed by atoms with Gasteiger partial charge < -0.3 is 14.2 Å². The van der Waals surface area contributed by atoms with Crippen molar-refractivity contribution in [3.63, 3.8) is 0 Å². The number of halogens is 3. The lowest BCUT2D eigenvalue weighted by molar-refractivity contribution is -0.141. The standard InChI is InChI=1S/C27H29F3N2O3S/c1-6-34-25(33)14-32(5)21-13-22-19(11-16(21)4)20(31-35-22)9-10-23-26(15(2)3)18-8-7-17(27(28,29)30)12-24(18)36-23/h7-8,11-13,15H,6,9-10,14H2,1-5H3. The maximum atomic E-state index is 13.2. The van der Waals surface area contributed by atoms with Crippen LogP contribution in [0.4, 0.5) is 18.9 Å². The number of benzene rings is 2. The average molecular weight is 519 g/mol. The molecule has 9 heteroatoms. The van der Waals surface area contributed by atoms with Gasteiger partial charge in [0.2, 0.25) is 0 Å². The molecule has 0 fully saturated rings. The Morgan fingerprint density at radius 3 is 2.58 bits per heavy atom. The van der Waals surface area contributed by atoms with E-state index in [1.165, 1.54) is 17.4 Å². The number of aryl methyl sites for hydroxylation is 3. The van der Waals surface area contributed by atoms with E-state index < -0.39 is 11.7 Å². The van der Waals surface area contributed by atoms with Crippen molar-refractivity contribution in [3.8, 4) is 0 Å². The van der Waals surface area contributed by atoms with Crippen LogP contribution in [0.5, 0.6) is 0 Å². The van der Waals surface area contributed by atoms with Crippen molar-refractivity contribution in [2.75, 3.05) is 25.1 Å². The van der Waals surface area contributed by atoms with Crippen LogP contribution in [0.15, 0.2) is 34.9 Å². The average Bonchev–Trinajstić information content (AvgIpc) is 3.36. The summed E-state index contributed by atoms with van der Waals surface area (Å²) >= 11 is 1.42. The zero-order valence-corrected chi connectivity index (χ0v) is 21.8. The van der Waals surface area contributed by atoms with Gasteiger partial charge in [-0.05, 0) is 67.3 Å². The van der Waals surface area contributed by atoms with Gasteiger partial charge in [-0.15, -0.1) is 11.3 Å². The van der Waals surface area contributed by atoms with Crippen molar-refractivity contribution in [3.05, 3.63) is 57.6 Å². The molecule has 5 nitrogen and oxygen atoms in total. The van der Waals surface area contributed by atoms with Crippen molar-refractivity contribution in [2.45, 2.75) is 52.6 Å². The number of anilines is 1. The molecule has 2 aromatic heterocycles. The molecule has 0 amide bonds. The smallest absolute Gasteiger partial charge is 0.416 e. The highest BCUT2D eigenvalue weighted by molar-refractivity contribution is 7.19. The van der Waals surface area contributed by atoms with E-state index in [0.29, 0.717) is 29.7 Å². The van der Waals surface area contributed by atoms with E-state index in [0.717, 1.165) is 44.2 Å². The second-order valence-corrected chi connectivity index (χ2v) is 10.4. The number of esters is 1. The quantitative estimate of drug-likeness (QED) is 0.230. The number of hydrogen-bond acceptors (Lipinski definition) is 6. The molecule has 4 aromatic rings. The number of aromatic nitrogens is 1. The summed E-state index contributed by atoms with van der Waals surface area (Å²) in [5.74, 6) is -0.122. The number of carbonyl (C=O) groups excluding carboxylic acids is 1. The first-order valence-corrected chi connectivity index (χ1v) is 12.7. The summed E-state index contributed by atoms with van der Waals surface area (Å²) in [6.07, 6.45) is -3.11. The molecule has 0 atom stereocenters. The lowest BCUT2D eigenvalue weighted by Gasteiger charge is -2.20.